The van der Waals surface area contributed by atoms with Crippen molar-refractivity contribution >= 4 is 17.5 Å². The van der Waals surface area contributed by atoms with Gasteiger partial charge in [0.2, 0.25) is 11.8 Å². The Kier molecular flexibility index (Phi) is 5.79. The second-order valence-corrected chi connectivity index (χ2v) is 6.90. The van der Waals surface area contributed by atoms with E-state index in [2.05, 4.69) is 12.2 Å². The molecule has 2 aromatic rings. The Labute approximate surface area is 160 Å². The highest BCUT2D eigenvalue weighted by atomic mass is 16.5. The van der Waals surface area contributed by atoms with Crippen molar-refractivity contribution in [2.24, 2.45) is 5.92 Å². The van der Waals surface area contributed by atoms with Gasteiger partial charge >= 0.3 is 0 Å². The number of carbonyl (C=O) groups excluding carboxylic acids is 2. The topological polar surface area (TPSA) is 58.6 Å². The van der Waals surface area contributed by atoms with Gasteiger partial charge in [0, 0.05) is 24.2 Å². The van der Waals surface area contributed by atoms with Crippen LogP contribution in [0.5, 0.6) is 5.75 Å². The van der Waals surface area contributed by atoms with Crippen LogP contribution in [-0.4, -0.2) is 25.5 Å². The number of benzene rings is 2. The lowest BCUT2D eigenvalue weighted by molar-refractivity contribution is -0.126. The van der Waals surface area contributed by atoms with Crippen LogP contribution in [-0.2, 0) is 16.0 Å². The van der Waals surface area contributed by atoms with Crippen LogP contribution in [0.15, 0.2) is 48.5 Å². The van der Waals surface area contributed by atoms with Gasteiger partial charge in [0.15, 0.2) is 0 Å². The summed E-state index contributed by atoms with van der Waals surface area (Å²) < 4.78 is 5.37. The maximum absolute atomic E-state index is 12.7. The molecule has 1 N–H and O–H groups in total. The average Bonchev–Trinajstić information content (AvgIpc) is 3.09. The number of nitrogens with one attached hydrogen (secondary N) is 1. The summed E-state index contributed by atoms with van der Waals surface area (Å²) in [5.74, 6) is 0.282. The molecule has 2 atom stereocenters. The first kappa shape index (κ1) is 19.0. The number of ether oxygens (including phenoxy) is 1. The van der Waals surface area contributed by atoms with Crippen molar-refractivity contribution in [3.63, 3.8) is 0 Å². The van der Waals surface area contributed by atoms with E-state index in [9.17, 15) is 9.59 Å². The van der Waals surface area contributed by atoms with E-state index in [0.29, 0.717) is 6.54 Å². The summed E-state index contributed by atoms with van der Waals surface area (Å²) in [5.41, 5.74) is 3.00. The van der Waals surface area contributed by atoms with Crippen molar-refractivity contribution in [3.8, 4) is 5.75 Å². The molecule has 1 saturated heterocycles. The van der Waals surface area contributed by atoms with Gasteiger partial charge in [0.1, 0.15) is 5.75 Å². The molecule has 1 fully saturated rings. The van der Waals surface area contributed by atoms with Crippen molar-refractivity contribution in [3.05, 3.63) is 59.7 Å². The number of carbonyl (C=O) groups is 2. The van der Waals surface area contributed by atoms with Crippen molar-refractivity contribution in [2.45, 2.75) is 32.7 Å². The third-order valence-electron chi connectivity index (χ3n) is 5.12. The Bertz CT molecular complexity index is 817. The third-order valence-corrected chi connectivity index (χ3v) is 5.12. The highest BCUT2D eigenvalue weighted by Gasteiger charge is 2.35. The average molecular weight is 366 g/mol. The number of rotatable bonds is 6. The Hall–Kier alpha value is -2.82. The first-order valence-corrected chi connectivity index (χ1v) is 9.36. The van der Waals surface area contributed by atoms with E-state index in [1.165, 1.54) is 5.56 Å². The normalized spacial score (nSPS) is 17.7. The van der Waals surface area contributed by atoms with Crippen LogP contribution in [0.25, 0.3) is 0 Å². The van der Waals surface area contributed by atoms with Crippen molar-refractivity contribution in [2.75, 3.05) is 18.6 Å². The number of hydrogen-bond donors (Lipinski definition) is 1. The first-order chi connectivity index (χ1) is 13.0. The summed E-state index contributed by atoms with van der Waals surface area (Å²) in [4.78, 5) is 26.9. The molecule has 0 unspecified atom stereocenters. The number of anilines is 1. The molecule has 0 spiro atoms. The molecule has 0 bridgehead atoms. The minimum absolute atomic E-state index is 0.00987. The largest absolute Gasteiger partial charge is 0.496 e. The van der Waals surface area contributed by atoms with Crippen LogP contribution in [0.4, 0.5) is 5.69 Å². The maximum atomic E-state index is 12.7. The molecular formula is C22H26N2O3. The molecule has 5 nitrogen and oxygen atoms in total. The molecule has 27 heavy (non-hydrogen) atoms. The monoisotopic (exact) mass is 366 g/mol. The summed E-state index contributed by atoms with van der Waals surface area (Å²) >= 11 is 0. The molecule has 142 valence electrons. The predicted octanol–water partition coefficient (Wildman–Crippen LogP) is 3.49. The van der Waals surface area contributed by atoms with Gasteiger partial charge in [-0.1, -0.05) is 37.3 Å². The van der Waals surface area contributed by atoms with Gasteiger partial charge in [-0.15, -0.1) is 0 Å². The minimum atomic E-state index is -0.347. The van der Waals surface area contributed by atoms with Gasteiger partial charge < -0.3 is 15.0 Å². The lowest BCUT2D eigenvalue weighted by atomic mass is 10.0. The zero-order valence-electron chi connectivity index (χ0n) is 16.1. The maximum Gasteiger partial charge on any atom is 0.227 e. The van der Waals surface area contributed by atoms with Crippen molar-refractivity contribution in [1.29, 1.82) is 0 Å². The fourth-order valence-corrected chi connectivity index (χ4v) is 3.48. The quantitative estimate of drug-likeness (QED) is 0.851. The number of nitrogens with zero attached hydrogens (tertiary/aromatic N) is 1. The van der Waals surface area contributed by atoms with E-state index in [1.807, 2.05) is 55.5 Å². The van der Waals surface area contributed by atoms with Crippen LogP contribution in [0.3, 0.4) is 0 Å². The van der Waals surface area contributed by atoms with E-state index < -0.39 is 0 Å². The van der Waals surface area contributed by atoms with Crippen LogP contribution in [0, 0.1) is 5.92 Å². The lowest BCUT2D eigenvalue weighted by Gasteiger charge is -2.20. The van der Waals surface area contributed by atoms with Crippen LogP contribution in [0.2, 0.25) is 0 Å². The summed E-state index contributed by atoms with van der Waals surface area (Å²) in [6.45, 7) is 4.43. The number of methoxy groups -OCH3 is 1. The molecule has 0 radical (unpaired) electrons. The van der Waals surface area contributed by atoms with E-state index >= 15 is 0 Å². The summed E-state index contributed by atoms with van der Waals surface area (Å²) in [5, 5.41) is 3.03. The number of para-hydroxylation sites is 1. The summed E-state index contributed by atoms with van der Waals surface area (Å²) in [6.07, 6.45) is 1.19. The molecule has 1 aliphatic rings. The Morgan fingerprint density at radius 2 is 1.93 bits per heavy atom. The Morgan fingerprint density at radius 1 is 1.22 bits per heavy atom. The van der Waals surface area contributed by atoms with E-state index in [-0.39, 0.29) is 30.2 Å². The molecular weight excluding hydrogens is 340 g/mol. The molecule has 0 aliphatic carbocycles. The molecule has 0 aromatic heterocycles. The predicted molar refractivity (Wildman–Crippen MR) is 106 cm³/mol. The Balaban J connectivity index is 1.66. The minimum Gasteiger partial charge on any atom is -0.496 e. The fourth-order valence-electron chi connectivity index (χ4n) is 3.48. The molecule has 2 aromatic carbocycles. The van der Waals surface area contributed by atoms with E-state index in [0.717, 1.165) is 23.4 Å². The fraction of sp³-hybridized carbons (Fsp3) is 0.364. The van der Waals surface area contributed by atoms with Gasteiger partial charge in [-0.05, 0) is 37.1 Å². The molecule has 3 rings (SSSR count). The highest BCUT2D eigenvalue weighted by Crippen LogP contribution is 2.28. The second kappa shape index (κ2) is 8.25. The third kappa shape index (κ3) is 4.13. The number of aryl methyl sites for hydroxylation is 1. The molecule has 0 saturated carbocycles. The SMILES string of the molecule is CCc1ccc(N2C[C@@H](C(=O)N[C@H](C)c3ccccc3OC)CC2=O)cc1. The summed E-state index contributed by atoms with van der Waals surface area (Å²) in [7, 11) is 1.62. The van der Waals surface area contributed by atoms with Gasteiger partial charge in [-0.25, -0.2) is 0 Å². The van der Waals surface area contributed by atoms with E-state index in [4.69, 9.17) is 4.74 Å². The summed E-state index contributed by atoms with van der Waals surface area (Å²) in [6, 6.07) is 15.4. The first-order valence-electron chi connectivity index (χ1n) is 9.36. The zero-order valence-corrected chi connectivity index (χ0v) is 16.1. The highest BCUT2D eigenvalue weighted by molar-refractivity contribution is 6.00. The number of hydrogen-bond acceptors (Lipinski definition) is 3. The van der Waals surface area contributed by atoms with Crippen LogP contribution in [0.1, 0.15) is 37.4 Å². The standard InChI is InChI=1S/C22H26N2O3/c1-4-16-9-11-18(12-10-16)24-14-17(13-21(24)25)22(26)23-15(2)19-7-5-6-8-20(19)27-3/h5-12,15,17H,4,13-14H2,1-3H3,(H,23,26)/t15-,17+/m1/s1. The Morgan fingerprint density at radius 3 is 2.59 bits per heavy atom. The van der Waals surface area contributed by atoms with Gasteiger partial charge in [-0.3, -0.25) is 9.59 Å². The molecule has 1 aliphatic heterocycles. The molecule has 5 heteroatoms. The smallest absolute Gasteiger partial charge is 0.227 e. The van der Waals surface area contributed by atoms with Crippen molar-refractivity contribution < 1.29 is 14.3 Å². The van der Waals surface area contributed by atoms with Gasteiger partial charge in [-0.2, -0.15) is 0 Å². The molecule has 2 amide bonds. The zero-order chi connectivity index (χ0) is 19.4. The van der Waals surface area contributed by atoms with Crippen LogP contribution >= 0.6 is 0 Å². The number of amides is 2. The van der Waals surface area contributed by atoms with Gasteiger partial charge in [0.25, 0.3) is 0 Å². The van der Waals surface area contributed by atoms with Crippen LogP contribution < -0.4 is 15.0 Å². The van der Waals surface area contributed by atoms with E-state index in [1.54, 1.807) is 12.0 Å². The van der Waals surface area contributed by atoms with Gasteiger partial charge in [0.05, 0.1) is 19.1 Å². The lowest BCUT2D eigenvalue weighted by Crippen LogP contribution is -2.34. The molecule has 1 heterocycles. The van der Waals surface area contributed by atoms with Crippen molar-refractivity contribution in [1.82, 2.24) is 5.32 Å². The second-order valence-electron chi connectivity index (χ2n) is 6.90.